The molecule has 0 aliphatic carbocycles. The van der Waals surface area contributed by atoms with E-state index in [1.165, 1.54) is 21.8 Å². The zero-order valence-corrected chi connectivity index (χ0v) is 12.6. The molecule has 0 fully saturated rings. The highest BCUT2D eigenvalue weighted by atomic mass is 35.5. The number of aryl methyl sites for hydroxylation is 2. The van der Waals surface area contributed by atoms with Crippen LogP contribution >= 0.6 is 57.5 Å². The van der Waals surface area contributed by atoms with Gasteiger partial charge in [0.2, 0.25) is 0 Å². The summed E-state index contributed by atoms with van der Waals surface area (Å²) in [5.74, 6) is 0. The lowest BCUT2D eigenvalue weighted by Crippen LogP contribution is -1.90. The number of rotatable bonds is 2. The van der Waals surface area contributed by atoms with Crippen molar-refractivity contribution in [3.63, 3.8) is 0 Å². The Hall–Kier alpha value is 0.270. The summed E-state index contributed by atoms with van der Waals surface area (Å²) in [6.07, 6.45) is 0. The van der Waals surface area contributed by atoms with Gasteiger partial charge in [-0.15, -0.1) is 34.3 Å². The first kappa shape index (κ1) is 12.7. The Bertz CT molecular complexity index is 467. The van der Waals surface area contributed by atoms with E-state index in [1.54, 1.807) is 11.3 Å². The van der Waals surface area contributed by atoms with Crippen LogP contribution in [0.3, 0.4) is 0 Å². The third kappa shape index (κ3) is 2.41. The van der Waals surface area contributed by atoms with Gasteiger partial charge in [-0.2, -0.15) is 0 Å². The topological polar surface area (TPSA) is 0 Å². The van der Waals surface area contributed by atoms with Gasteiger partial charge in [0.25, 0.3) is 0 Å². The molecule has 16 heavy (non-hydrogen) atoms. The minimum absolute atomic E-state index is 0.199. The fourth-order valence-corrected chi connectivity index (χ4v) is 4.74. The zero-order chi connectivity index (χ0) is 11.9. The Balaban J connectivity index is 2.42. The maximum absolute atomic E-state index is 6.44. The van der Waals surface area contributed by atoms with Gasteiger partial charge < -0.3 is 0 Å². The molecular formula is C11H9Cl3S2. The summed E-state index contributed by atoms with van der Waals surface area (Å²) in [4.78, 5) is 2.41. The van der Waals surface area contributed by atoms with Crippen molar-refractivity contribution in [1.29, 1.82) is 0 Å². The van der Waals surface area contributed by atoms with Crippen LogP contribution in [0.1, 0.15) is 26.3 Å². The highest BCUT2D eigenvalue weighted by molar-refractivity contribution is 7.20. The van der Waals surface area contributed by atoms with Crippen molar-refractivity contribution in [2.75, 3.05) is 0 Å². The van der Waals surface area contributed by atoms with Gasteiger partial charge in [0, 0.05) is 15.3 Å². The zero-order valence-electron chi connectivity index (χ0n) is 8.68. The monoisotopic (exact) mass is 310 g/mol. The molecule has 1 unspecified atom stereocenters. The molecule has 0 nitrogen and oxygen atoms in total. The number of hydrogen-bond donors (Lipinski definition) is 0. The predicted molar refractivity (Wildman–Crippen MR) is 75.8 cm³/mol. The van der Waals surface area contributed by atoms with E-state index >= 15 is 0 Å². The molecule has 1 atom stereocenters. The molecule has 2 rings (SSSR count). The van der Waals surface area contributed by atoms with E-state index in [2.05, 4.69) is 19.9 Å². The molecule has 2 heterocycles. The third-order valence-electron chi connectivity index (χ3n) is 2.27. The molecule has 0 bridgehead atoms. The SMILES string of the molecule is Cc1cc(C)c(C(Cl)c2cc(Cl)sc2Cl)s1. The van der Waals surface area contributed by atoms with Crippen LogP contribution in [0, 0.1) is 13.8 Å². The average Bonchev–Trinajstić information content (AvgIpc) is 2.68. The minimum atomic E-state index is -0.199. The van der Waals surface area contributed by atoms with Crippen molar-refractivity contribution in [2.45, 2.75) is 19.2 Å². The Labute approximate surface area is 118 Å². The van der Waals surface area contributed by atoms with E-state index in [1.807, 2.05) is 6.07 Å². The van der Waals surface area contributed by atoms with Crippen LogP contribution in [-0.4, -0.2) is 0 Å². The van der Waals surface area contributed by atoms with Crippen molar-refractivity contribution < 1.29 is 0 Å². The maximum Gasteiger partial charge on any atom is 0.0994 e. The Morgan fingerprint density at radius 3 is 2.25 bits per heavy atom. The van der Waals surface area contributed by atoms with Crippen molar-refractivity contribution in [3.05, 3.63) is 41.7 Å². The summed E-state index contributed by atoms with van der Waals surface area (Å²) in [5.41, 5.74) is 2.11. The molecule has 0 saturated carbocycles. The predicted octanol–water partition coefficient (Wildman–Crippen LogP) is 6.06. The smallest absolute Gasteiger partial charge is 0.0994 e. The maximum atomic E-state index is 6.44. The van der Waals surface area contributed by atoms with Crippen molar-refractivity contribution in [1.82, 2.24) is 0 Å². The molecule has 0 aliphatic heterocycles. The van der Waals surface area contributed by atoms with Gasteiger partial charge in [-0.25, -0.2) is 0 Å². The number of alkyl halides is 1. The van der Waals surface area contributed by atoms with Crippen LogP contribution in [0.25, 0.3) is 0 Å². The van der Waals surface area contributed by atoms with Crippen LogP contribution in [0.5, 0.6) is 0 Å². The average molecular weight is 312 g/mol. The van der Waals surface area contributed by atoms with E-state index in [9.17, 15) is 0 Å². The van der Waals surface area contributed by atoms with Gasteiger partial charge in [-0.05, 0) is 31.5 Å². The number of hydrogen-bond acceptors (Lipinski definition) is 2. The first-order valence-electron chi connectivity index (χ1n) is 4.64. The van der Waals surface area contributed by atoms with Gasteiger partial charge in [0.15, 0.2) is 0 Å². The van der Waals surface area contributed by atoms with E-state index < -0.39 is 0 Å². The van der Waals surface area contributed by atoms with Crippen molar-refractivity contribution >= 4 is 57.5 Å². The summed E-state index contributed by atoms with van der Waals surface area (Å²) in [6, 6.07) is 3.98. The normalized spacial score (nSPS) is 13.1. The van der Waals surface area contributed by atoms with Gasteiger partial charge in [-0.1, -0.05) is 23.2 Å². The Kier molecular flexibility index (Phi) is 3.87. The molecule has 0 aromatic carbocycles. The second kappa shape index (κ2) is 4.87. The van der Waals surface area contributed by atoms with Crippen molar-refractivity contribution in [3.8, 4) is 0 Å². The van der Waals surface area contributed by atoms with Crippen LogP contribution in [-0.2, 0) is 0 Å². The van der Waals surface area contributed by atoms with E-state index in [-0.39, 0.29) is 5.38 Å². The van der Waals surface area contributed by atoms with E-state index in [0.29, 0.717) is 8.67 Å². The molecule has 0 radical (unpaired) electrons. The van der Waals surface area contributed by atoms with Gasteiger partial charge in [-0.3, -0.25) is 0 Å². The van der Waals surface area contributed by atoms with Crippen molar-refractivity contribution in [2.24, 2.45) is 0 Å². The summed E-state index contributed by atoms with van der Waals surface area (Å²) in [5, 5.41) is -0.199. The Morgan fingerprint density at radius 2 is 1.81 bits per heavy atom. The third-order valence-corrected chi connectivity index (χ3v) is 5.58. The second-order valence-electron chi connectivity index (χ2n) is 3.55. The molecule has 0 spiro atoms. The summed E-state index contributed by atoms with van der Waals surface area (Å²) in [7, 11) is 0. The summed E-state index contributed by atoms with van der Waals surface area (Å²) < 4.78 is 1.35. The Morgan fingerprint density at radius 1 is 1.12 bits per heavy atom. The van der Waals surface area contributed by atoms with E-state index in [4.69, 9.17) is 34.8 Å². The molecular weight excluding hydrogens is 303 g/mol. The first-order chi connectivity index (χ1) is 7.49. The summed E-state index contributed by atoms with van der Waals surface area (Å²) in [6.45, 7) is 4.14. The van der Waals surface area contributed by atoms with Gasteiger partial charge >= 0.3 is 0 Å². The molecule has 2 aromatic heterocycles. The minimum Gasteiger partial charge on any atom is -0.143 e. The van der Waals surface area contributed by atoms with Gasteiger partial charge in [0.1, 0.15) is 0 Å². The summed E-state index contributed by atoms with van der Waals surface area (Å²) >= 11 is 21.5. The fraction of sp³-hybridized carbons (Fsp3) is 0.273. The highest BCUT2D eigenvalue weighted by Crippen LogP contribution is 2.43. The molecule has 5 heteroatoms. The number of halogens is 3. The molecule has 0 amide bonds. The molecule has 2 aromatic rings. The standard InChI is InChI=1S/C11H9Cl3S2/c1-5-3-6(2)15-10(5)9(13)7-4-8(12)16-11(7)14/h3-4,9H,1-2H3. The first-order valence-corrected chi connectivity index (χ1v) is 7.47. The molecule has 0 N–H and O–H groups in total. The quantitative estimate of drug-likeness (QED) is 0.591. The fourth-order valence-electron chi connectivity index (χ4n) is 1.58. The van der Waals surface area contributed by atoms with Crippen LogP contribution in [0.2, 0.25) is 8.67 Å². The van der Waals surface area contributed by atoms with Crippen LogP contribution in [0.15, 0.2) is 12.1 Å². The van der Waals surface area contributed by atoms with Crippen LogP contribution < -0.4 is 0 Å². The van der Waals surface area contributed by atoms with Crippen LogP contribution in [0.4, 0.5) is 0 Å². The molecule has 0 saturated heterocycles. The lowest BCUT2D eigenvalue weighted by atomic mass is 10.1. The largest absolute Gasteiger partial charge is 0.143 e. The molecule has 0 aliphatic rings. The highest BCUT2D eigenvalue weighted by Gasteiger charge is 2.20. The van der Waals surface area contributed by atoms with Gasteiger partial charge in [0.05, 0.1) is 14.0 Å². The van der Waals surface area contributed by atoms with E-state index in [0.717, 1.165) is 10.4 Å². The number of thiophene rings is 2. The molecule has 86 valence electrons. The lowest BCUT2D eigenvalue weighted by Gasteiger charge is -2.07. The second-order valence-corrected chi connectivity index (χ2v) is 7.56. The lowest BCUT2D eigenvalue weighted by molar-refractivity contribution is 1.17.